The molecule has 0 atom stereocenters. The molecule has 1 aliphatic heterocycles. The highest BCUT2D eigenvalue weighted by atomic mass is 16.5. The van der Waals surface area contributed by atoms with Crippen LogP contribution in [0.2, 0.25) is 0 Å². The maximum absolute atomic E-state index is 5.29. The maximum atomic E-state index is 5.29. The number of nitrogens with zero attached hydrogens (tertiary/aromatic N) is 1. The Kier molecular flexibility index (Phi) is 1.96. The number of hydrogen-bond donors (Lipinski definition) is 0. The van der Waals surface area contributed by atoms with Crippen molar-refractivity contribution >= 4 is 0 Å². The molecule has 3 nitrogen and oxygen atoms in total. The molecule has 3 heteroatoms. The van der Waals surface area contributed by atoms with Crippen LogP contribution in [-0.4, -0.2) is 18.7 Å². The summed E-state index contributed by atoms with van der Waals surface area (Å²) in [6.07, 6.45) is 0.895. The number of ether oxygens (including phenoxy) is 2. The fraction of sp³-hybridized carbons (Fsp3) is 0.444. The summed E-state index contributed by atoms with van der Waals surface area (Å²) in [4.78, 5) is 4.33. The van der Waals surface area contributed by atoms with Gasteiger partial charge in [-0.3, -0.25) is 0 Å². The second kappa shape index (κ2) is 3.11. The third kappa shape index (κ3) is 1.28. The van der Waals surface area contributed by atoms with Crippen molar-refractivity contribution in [2.24, 2.45) is 0 Å². The molecule has 2 heterocycles. The van der Waals surface area contributed by atoms with Gasteiger partial charge in [-0.25, -0.2) is 4.98 Å². The monoisotopic (exact) mass is 165 g/mol. The summed E-state index contributed by atoms with van der Waals surface area (Å²) in [5, 5.41) is 0. The minimum Gasteiger partial charge on any atom is -0.481 e. The van der Waals surface area contributed by atoms with Gasteiger partial charge in [0.1, 0.15) is 0 Å². The van der Waals surface area contributed by atoms with E-state index in [1.807, 2.05) is 12.1 Å². The van der Waals surface area contributed by atoms with E-state index in [2.05, 4.69) is 4.98 Å². The van der Waals surface area contributed by atoms with Crippen molar-refractivity contribution in [1.82, 2.24) is 4.98 Å². The molecule has 0 aromatic carbocycles. The Labute approximate surface area is 71.3 Å². The maximum Gasteiger partial charge on any atom is 0.213 e. The normalized spacial score (nSPS) is 15.4. The molecule has 0 spiro atoms. The zero-order valence-electron chi connectivity index (χ0n) is 7.04. The molecule has 0 amide bonds. The molecule has 0 N–H and O–H groups in total. The van der Waals surface area contributed by atoms with Gasteiger partial charge in [-0.15, -0.1) is 0 Å². The number of pyridine rings is 1. The van der Waals surface area contributed by atoms with Crippen LogP contribution in [0.15, 0.2) is 12.1 Å². The Hall–Kier alpha value is -1.09. The van der Waals surface area contributed by atoms with Crippen molar-refractivity contribution in [3.05, 3.63) is 23.4 Å². The Morgan fingerprint density at radius 1 is 1.50 bits per heavy atom. The van der Waals surface area contributed by atoms with Gasteiger partial charge in [0.05, 0.1) is 26.0 Å². The second-order valence-corrected chi connectivity index (χ2v) is 2.76. The molecule has 0 radical (unpaired) electrons. The van der Waals surface area contributed by atoms with Crippen molar-refractivity contribution in [2.75, 3.05) is 13.7 Å². The predicted octanol–water partition coefficient (Wildman–Crippen LogP) is 1.16. The van der Waals surface area contributed by atoms with Gasteiger partial charge in [-0.05, 0) is 11.6 Å². The predicted molar refractivity (Wildman–Crippen MR) is 44.1 cm³/mol. The first-order chi connectivity index (χ1) is 5.90. The summed E-state index contributed by atoms with van der Waals surface area (Å²) in [6.45, 7) is 1.46. The number of aromatic nitrogens is 1. The molecule has 0 bridgehead atoms. The van der Waals surface area contributed by atoms with Crippen molar-refractivity contribution in [3.8, 4) is 5.88 Å². The van der Waals surface area contributed by atoms with E-state index in [9.17, 15) is 0 Å². The minimum absolute atomic E-state index is 0.687. The second-order valence-electron chi connectivity index (χ2n) is 2.76. The van der Waals surface area contributed by atoms with Crippen LogP contribution in [0.1, 0.15) is 11.3 Å². The smallest absolute Gasteiger partial charge is 0.213 e. The van der Waals surface area contributed by atoms with Crippen LogP contribution in [0.3, 0.4) is 0 Å². The van der Waals surface area contributed by atoms with Gasteiger partial charge in [0.15, 0.2) is 0 Å². The highest BCUT2D eigenvalue weighted by molar-refractivity contribution is 5.26. The van der Waals surface area contributed by atoms with Crippen LogP contribution in [0.5, 0.6) is 5.88 Å². The highest BCUT2D eigenvalue weighted by Gasteiger charge is 2.10. The van der Waals surface area contributed by atoms with Crippen molar-refractivity contribution in [1.29, 1.82) is 0 Å². The van der Waals surface area contributed by atoms with Gasteiger partial charge in [-0.1, -0.05) is 0 Å². The molecule has 0 saturated heterocycles. The van der Waals surface area contributed by atoms with E-state index in [1.165, 1.54) is 5.56 Å². The largest absolute Gasteiger partial charge is 0.481 e. The lowest BCUT2D eigenvalue weighted by atomic mass is 10.1. The fourth-order valence-corrected chi connectivity index (χ4v) is 1.32. The Morgan fingerprint density at radius 3 is 3.25 bits per heavy atom. The van der Waals surface area contributed by atoms with Gasteiger partial charge >= 0.3 is 0 Å². The number of fused-ring (bicyclic) bond motifs is 1. The van der Waals surface area contributed by atoms with E-state index in [0.717, 1.165) is 18.7 Å². The molecule has 0 saturated carbocycles. The number of methoxy groups -OCH3 is 1. The average Bonchev–Trinajstić information content (AvgIpc) is 2.17. The summed E-state index contributed by atoms with van der Waals surface area (Å²) in [5.41, 5.74) is 2.29. The summed E-state index contributed by atoms with van der Waals surface area (Å²) >= 11 is 0. The van der Waals surface area contributed by atoms with Crippen LogP contribution < -0.4 is 4.74 Å². The summed E-state index contributed by atoms with van der Waals surface area (Å²) in [5.74, 6) is 0.690. The number of hydrogen-bond acceptors (Lipinski definition) is 3. The van der Waals surface area contributed by atoms with E-state index in [1.54, 1.807) is 7.11 Å². The lowest BCUT2D eigenvalue weighted by Gasteiger charge is -2.15. The molecule has 0 fully saturated rings. The topological polar surface area (TPSA) is 31.4 Å². The Morgan fingerprint density at radius 2 is 2.42 bits per heavy atom. The van der Waals surface area contributed by atoms with Crippen LogP contribution in [0.25, 0.3) is 0 Å². The van der Waals surface area contributed by atoms with E-state index in [0.29, 0.717) is 12.5 Å². The first-order valence-electron chi connectivity index (χ1n) is 4.00. The SMILES string of the molecule is COc1ccc2c(n1)CCOC2. The van der Waals surface area contributed by atoms with Crippen LogP contribution >= 0.6 is 0 Å². The summed E-state index contributed by atoms with van der Waals surface area (Å²) in [6, 6.07) is 3.88. The molecule has 64 valence electrons. The lowest BCUT2D eigenvalue weighted by molar-refractivity contribution is 0.109. The highest BCUT2D eigenvalue weighted by Crippen LogP contribution is 2.17. The molecule has 0 aliphatic carbocycles. The van der Waals surface area contributed by atoms with Gasteiger partial charge < -0.3 is 9.47 Å². The molecular formula is C9H11NO2. The third-order valence-corrected chi connectivity index (χ3v) is 1.99. The van der Waals surface area contributed by atoms with Crippen LogP contribution in [0, 0.1) is 0 Å². The van der Waals surface area contributed by atoms with E-state index >= 15 is 0 Å². The standard InChI is InChI=1S/C9H11NO2/c1-11-9-3-2-7-6-12-5-4-8(7)10-9/h2-3H,4-6H2,1H3. The van der Waals surface area contributed by atoms with Gasteiger partial charge in [0.2, 0.25) is 5.88 Å². The third-order valence-electron chi connectivity index (χ3n) is 1.99. The molecule has 1 aromatic rings. The van der Waals surface area contributed by atoms with Gasteiger partial charge in [0.25, 0.3) is 0 Å². The van der Waals surface area contributed by atoms with Crippen molar-refractivity contribution in [3.63, 3.8) is 0 Å². The quantitative estimate of drug-likeness (QED) is 0.625. The van der Waals surface area contributed by atoms with Gasteiger partial charge in [0, 0.05) is 12.5 Å². The van der Waals surface area contributed by atoms with E-state index in [-0.39, 0.29) is 0 Å². The van der Waals surface area contributed by atoms with E-state index < -0.39 is 0 Å². The zero-order valence-corrected chi connectivity index (χ0v) is 7.04. The van der Waals surface area contributed by atoms with E-state index in [4.69, 9.17) is 9.47 Å². The fourth-order valence-electron chi connectivity index (χ4n) is 1.32. The summed E-state index contributed by atoms with van der Waals surface area (Å²) in [7, 11) is 1.63. The van der Waals surface area contributed by atoms with Gasteiger partial charge in [-0.2, -0.15) is 0 Å². The molecule has 1 aliphatic rings. The molecular weight excluding hydrogens is 154 g/mol. The Balaban J connectivity index is 2.36. The number of rotatable bonds is 1. The molecule has 12 heavy (non-hydrogen) atoms. The van der Waals surface area contributed by atoms with Crippen molar-refractivity contribution in [2.45, 2.75) is 13.0 Å². The molecule has 1 aromatic heterocycles. The summed E-state index contributed by atoms with van der Waals surface area (Å²) < 4.78 is 10.3. The van der Waals surface area contributed by atoms with Crippen LogP contribution in [0.4, 0.5) is 0 Å². The lowest BCUT2D eigenvalue weighted by Crippen LogP contribution is -2.11. The van der Waals surface area contributed by atoms with Crippen LogP contribution in [-0.2, 0) is 17.8 Å². The van der Waals surface area contributed by atoms with Crippen molar-refractivity contribution < 1.29 is 9.47 Å². The first-order valence-corrected chi connectivity index (χ1v) is 4.00. The zero-order chi connectivity index (χ0) is 8.39. The average molecular weight is 165 g/mol. The molecule has 0 unspecified atom stereocenters. The minimum atomic E-state index is 0.687. The molecule has 2 rings (SSSR count). The Bertz CT molecular complexity index is 286. The first kappa shape index (κ1) is 7.55.